The first-order valence-corrected chi connectivity index (χ1v) is 10.1. The molecule has 5 heteroatoms. The van der Waals surface area contributed by atoms with Crippen molar-refractivity contribution >= 4 is 5.82 Å². The molecular formula is C21H31N5. The Balaban J connectivity index is 1.21. The first-order valence-electron chi connectivity index (χ1n) is 10.1. The molecule has 0 aliphatic carbocycles. The third-order valence-electron chi connectivity index (χ3n) is 5.55. The average Bonchev–Trinajstić information content (AvgIpc) is 3.03. The van der Waals surface area contributed by atoms with Gasteiger partial charge in [0.25, 0.3) is 0 Å². The van der Waals surface area contributed by atoms with Gasteiger partial charge in [0.15, 0.2) is 0 Å². The number of benzene rings is 1. The van der Waals surface area contributed by atoms with Crippen LogP contribution in [0.5, 0.6) is 0 Å². The van der Waals surface area contributed by atoms with E-state index in [0.29, 0.717) is 5.92 Å². The number of rotatable bonds is 6. The second-order valence-corrected chi connectivity index (χ2v) is 7.88. The predicted octanol–water partition coefficient (Wildman–Crippen LogP) is 3.01. The highest BCUT2D eigenvalue weighted by atomic mass is 15.3. The lowest BCUT2D eigenvalue weighted by atomic mass is 10.1. The van der Waals surface area contributed by atoms with Crippen LogP contribution in [-0.2, 0) is 19.6 Å². The lowest BCUT2D eigenvalue weighted by Crippen LogP contribution is -2.35. The molecule has 2 aliphatic rings. The van der Waals surface area contributed by atoms with E-state index in [0.717, 1.165) is 44.2 Å². The van der Waals surface area contributed by atoms with Crippen LogP contribution in [0.2, 0.25) is 0 Å². The summed E-state index contributed by atoms with van der Waals surface area (Å²) in [4.78, 5) is 2.58. The molecule has 1 aromatic heterocycles. The second-order valence-electron chi connectivity index (χ2n) is 7.88. The highest BCUT2D eigenvalue weighted by Crippen LogP contribution is 2.18. The standard InChI is InChI=1S/C21H31N5/c1-17-11-21-23-14-20(16-26(21)24-17)13-22-12-18-5-7-19(8-6-18)15-25-9-3-2-4-10-25/h5-8,11,20,22-23H,2-4,9-10,12-16H2,1H3/t20-/m1/s1. The van der Waals surface area contributed by atoms with Crippen LogP contribution in [0.4, 0.5) is 5.82 Å². The molecule has 0 amide bonds. The maximum atomic E-state index is 4.55. The van der Waals surface area contributed by atoms with Gasteiger partial charge in [-0.25, -0.2) is 4.68 Å². The molecule has 26 heavy (non-hydrogen) atoms. The van der Waals surface area contributed by atoms with Gasteiger partial charge in [-0.2, -0.15) is 5.10 Å². The van der Waals surface area contributed by atoms with Gasteiger partial charge in [-0.1, -0.05) is 30.7 Å². The molecule has 5 nitrogen and oxygen atoms in total. The van der Waals surface area contributed by atoms with Crippen molar-refractivity contribution in [2.24, 2.45) is 5.92 Å². The van der Waals surface area contributed by atoms with Crippen LogP contribution in [-0.4, -0.2) is 40.9 Å². The average molecular weight is 354 g/mol. The van der Waals surface area contributed by atoms with Crippen molar-refractivity contribution in [3.05, 3.63) is 47.2 Å². The van der Waals surface area contributed by atoms with Gasteiger partial charge in [-0.05, 0) is 44.0 Å². The van der Waals surface area contributed by atoms with Crippen molar-refractivity contribution in [3.8, 4) is 0 Å². The Labute approximate surface area is 156 Å². The van der Waals surface area contributed by atoms with Gasteiger partial charge in [0.05, 0.1) is 5.69 Å². The molecule has 2 aromatic rings. The van der Waals surface area contributed by atoms with Crippen molar-refractivity contribution in [2.75, 3.05) is 31.5 Å². The normalized spacial score (nSPS) is 20.6. The lowest BCUT2D eigenvalue weighted by molar-refractivity contribution is 0.221. The van der Waals surface area contributed by atoms with Crippen molar-refractivity contribution in [1.29, 1.82) is 0 Å². The summed E-state index contributed by atoms with van der Waals surface area (Å²) in [6.07, 6.45) is 4.12. The number of nitrogens with zero attached hydrogens (tertiary/aromatic N) is 3. The molecule has 0 saturated carbocycles. The van der Waals surface area contributed by atoms with E-state index in [1.807, 2.05) is 0 Å². The molecule has 140 valence electrons. The number of hydrogen-bond donors (Lipinski definition) is 2. The summed E-state index contributed by atoms with van der Waals surface area (Å²) in [5.74, 6) is 1.74. The third kappa shape index (κ3) is 4.46. The first kappa shape index (κ1) is 17.6. The number of likely N-dealkylation sites (tertiary alicyclic amines) is 1. The fraction of sp³-hybridized carbons (Fsp3) is 0.571. The quantitative estimate of drug-likeness (QED) is 0.838. The van der Waals surface area contributed by atoms with Gasteiger partial charge in [0, 0.05) is 44.7 Å². The van der Waals surface area contributed by atoms with Gasteiger partial charge in [-0.3, -0.25) is 4.90 Å². The summed E-state index contributed by atoms with van der Waals surface area (Å²) in [5, 5.41) is 11.7. The Hall–Kier alpha value is -1.85. The van der Waals surface area contributed by atoms with E-state index in [1.54, 1.807) is 0 Å². The molecular weight excluding hydrogens is 322 g/mol. The Morgan fingerprint density at radius 1 is 1.12 bits per heavy atom. The Kier molecular flexibility index (Phi) is 5.56. The molecule has 0 bridgehead atoms. The molecule has 1 saturated heterocycles. The van der Waals surface area contributed by atoms with E-state index in [-0.39, 0.29) is 0 Å². The van der Waals surface area contributed by atoms with Gasteiger partial charge >= 0.3 is 0 Å². The maximum absolute atomic E-state index is 4.55. The van der Waals surface area contributed by atoms with Crippen molar-refractivity contribution in [2.45, 2.75) is 45.8 Å². The highest BCUT2D eigenvalue weighted by Gasteiger charge is 2.18. The summed E-state index contributed by atoms with van der Waals surface area (Å²) in [5.41, 5.74) is 3.89. The minimum absolute atomic E-state index is 0.583. The van der Waals surface area contributed by atoms with Crippen LogP contribution >= 0.6 is 0 Å². The molecule has 1 atom stereocenters. The summed E-state index contributed by atoms with van der Waals surface area (Å²) in [7, 11) is 0. The van der Waals surface area contributed by atoms with E-state index >= 15 is 0 Å². The van der Waals surface area contributed by atoms with E-state index in [1.165, 1.54) is 43.5 Å². The summed E-state index contributed by atoms with van der Waals surface area (Å²) < 4.78 is 2.10. The Bertz CT molecular complexity index is 700. The summed E-state index contributed by atoms with van der Waals surface area (Å²) >= 11 is 0. The van der Waals surface area contributed by atoms with Gasteiger partial charge in [-0.15, -0.1) is 0 Å². The Morgan fingerprint density at radius 2 is 1.88 bits per heavy atom. The minimum atomic E-state index is 0.583. The summed E-state index contributed by atoms with van der Waals surface area (Å²) in [6.45, 7) is 9.64. The second kappa shape index (κ2) is 8.23. The van der Waals surface area contributed by atoms with Crippen LogP contribution in [0.15, 0.2) is 30.3 Å². The van der Waals surface area contributed by atoms with Gasteiger partial charge in [0.2, 0.25) is 0 Å². The number of fused-ring (bicyclic) bond motifs is 1. The van der Waals surface area contributed by atoms with E-state index in [2.05, 4.69) is 62.6 Å². The molecule has 2 aliphatic heterocycles. The number of aromatic nitrogens is 2. The van der Waals surface area contributed by atoms with Crippen molar-refractivity contribution in [1.82, 2.24) is 20.0 Å². The molecule has 2 N–H and O–H groups in total. The van der Waals surface area contributed by atoms with E-state index in [4.69, 9.17) is 0 Å². The van der Waals surface area contributed by atoms with Crippen LogP contribution in [0.1, 0.15) is 36.1 Å². The zero-order valence-electron chi connectivity index (χ0n) is 15.9. The molecule has 4 rings (SSSR count). The third-order valence-corrected chi connectivity index (χ3v) is 5.55. The fourth-order valence-electron chi connectivity index (χ4n) is 4.08. The van der Waals surface area contributed by atoms with Crippen LogP contribution < -0.4 is 10.6 Å². The first-order chi connectivity index (χ1) is 12.8. The molecule has 0 spiro atoms. The zero-order chi connectivity index (χ0) is 17.8. The Morgan fingerprint density at radius 3 is 2.69 bits per heavy atom. The summed E-state index contributed by atoms with van der Waals surface area (Å²) in [6, 6.07) is 11.3. The van der Waals surface area contributed by atoms with Gasteiger partial charge < -0.3 is 10.6 Å². The molecule has 0 unspecified atom stereocenters. The predicted molar refractivity (Wildman–Crippen MR) is 106 cm³/mol. The largest absolute Gasteiger partial charge is 0.370 e. The molecule has 1 aromatic carbocycles. The fourth-order valence-corrected chi connectivity index (χ4v) is 4.08. The van der Waals surface area contributed by atoms with Crippen LogP contribution in [0, 0.1) is 12.8 Å². The number of hydrogen-bond acceptors (Lipinski definition) is 4. The number of piperidine rings is 1. The van der Waals surface area contributed by atoms with E-state index in [9.17, 15) is 0 Å². The SMILES string of the molecule is Cc1cc2n(n1)C[C@H](CNCc1ccc(CN3CCCCC3)cc1)CN2. The molecule has 0 radical (unpaired) electrons. The molecule has 3 heterocycles. The topological polar surface area (TPSA) is 45.1 Å². The van der Waals surface area contributed by atoms with Crippen LogP contribution in [0.3, 0.4) is 0 Å². The highest BCUT2D eigenvalue weighted by molar-refractivity contribution is 5.38. The number of nitrogens with one attached hydrogen (secondary N) is 2. The zero-order valence-corrected chi connectivity index (χ0v) is 15.9. The smallest absolute Gasteiger partial charge is 0.124 e. The molecule has 1 fully saturated rings. The van der Waals surface area contributed by atoms with Crippen molar-refractivity contribution in [3.63, 3.8) is 0 Å². The monoisotopic (exact) mass is 353 g/mol. The van der Waals surface area contributed by atoms with Crippen LogP contribution in [0.25, 0.3) is 0 Å². The number of anilines is 1. The lowest BCUT2D eigenvalue weighted by Gasteiger charge is -2.26. The van der Waals surface area contributed by atoms with Gasteiger partial charge in [0.1, 0.15) is 5.82 Å². The maximum Gasteiger partial charge on any atom is 0.124 e. The number of aryl methyl sites for hydroxylation is 1. The van der Waals surface area contributed by atoms with E-state index < -0.39 is 0 Å². The van der Waals surface area contributed by atoms with Crippen molar-refractivity contribution < 1.29 is 0 Å². The minimum Gasteiger partial charge on any atom is -0.370 e.